The van der Waals surface area contributed by atoms with Gasteiger partial charge < -0.3 is 9.64 Å². The summed E-state index contributed by atoms with van der Waals surface area (Å²) in [6, 6.07) is 10.6. The molecule has 11 heteroatoms. The maximum absolute atomic E-state index is 13.1. The van der Waals surface area contributed by atoms with Crippen molar-refractivity contribution in [2.45, 2.75) is 18.2 Å². The van der Waals surface area contributed by atoms with Crippen molar-refractivity contribution in [1.82, 2.24) is 0 Å². The lowest BCUT2D eigenvalue weighted by Crippen LogP contribution is -2.29. The molecule has 1 N–H and O–H groups in total. The van der Waals surface area contributed by atoms with Gasteiger partial charge in [0.25, 0.3) is 10.0 Å². The van der Waals surface area contributed by atoms with Gasteiger partial charge >= 0.3 is 0 Å². The third-order valence-electron chi connectivity index (χ3n) is 4.47. The van der Waals surface area contributed by atoms with Crippen LogP contribution in [-0.2, 0) is 24.8 Å². The number of ether oxygens (including phenoxy) is 1. The molecule has 0 aromatic heterocycles. The van der Waals surface area contributed by atoms with E-state index in [1.165, 1.54) is 12.1 Å². The van der Waals surface area contributed by atoms with Crippen molar-refractivity contribution in [3.8, 4) is 5.75 Å². The predicted octanol–water partition coefficient (Wildman–Crippen LogP) is 2.02. The first-order valence-corrected chi connectivity index (χ1v) is 12.3. The van der Waals surface area contributed by atoms with Gasteiger partial charge in [-0.25, -0.2) is 21.1 Å². The number of nitrogens with one attached hydrogen (secondary N) is 1. The molecule has 0 aliphatic carbocycles. The van der Waals surface area contributed by atoms with Crippen molar-refractivity contribution in [1.29, 1.82) is 0 Å². The van der Waals surface area contributed by atoms with Crippen molar-refractivity contribution < 1.29 is 26.4 Å². The molecule has 0 unspecified atom stereocenters. The molecule has 0 saturated carbocycles. The third kappa shape index (κ3) is 4.36. The van der Waals surface area contributed by atoms with Gasteiger partial charge in [0.15, 0.2) is 0 Å². The number of carbonyl (C=O) groups is 1. The number of nitrogens with zero attached hydrogens (tertiary/aromatic N) is 2. The zero-order chi connectivity index (χ0) is 22.1. The molecule has 9 nitrogen and oxygen atoms in total. The van der Waals surface area contributed by atoms with E-state index < -0.39 is 26.0 Å². The second-order valence-corrected chi connectivity index (χ2v) is 10.4. The number of hydrogen-bond acceptors (Lipinski definition) is 7. The molecule has 0 atom stereocenters. The summed E-state index contributed by atoms with van der Waals surface area (Å²) in [6.07, 6.45) is -0.145. The smallest absolute Gasteiger partial charge is 0.265 e. The first-order valence-electron chi connectivity index (χ1n) is 9.18. The highest BCUT2D eigenvalue weighted by atomic mass is 32.2. The zero-order valence-corrected chi connectivity index (χ0v) is 18.5. The Hall–Kier alpha value is -2.79. The number of anilines is 3. The minimum atomic E-state index is -4.13. The summed E-state index contributed by atoms with van der Waals surface area (Å²) in [5.74, 6) is -0.852. The number of benzene rings is 2. The zero-order valence-electron chi connectivity index (χ0n) is 16.8. The molecular formula is C19H23N3O6S2. The lowest BCUT2D eigenvalue weighted by atomic mass is 10.3. The van der Waals surface area contributed by atoms with E-state index in [0.717, 1.165) is 11.8 Å². The fourth-order valence-corrected chi connectivity index (χ4v) is 5.69. The van der Waals surface area contributed by atoms with Crippen LogP contribution in [0.25, 0.3) is 0 Å². The van der Waals surface area contributed by atoms with Gasteiger partial charge in [-0.2, -0.15) is 0 Å². The van der Waals surface area contributed by atoms with Crippen LogP contribution in [0.3, 0.4) is 0 Å². The lowest BCUT2D eigenvalue weighted by molar-refractivity contribution is -0.116. The van der Waals surface area contributed by atoms with Crippen molar-refractivity contribution in [2.75, 3.05) is 40.4 Å². The van der Waals surface area contributed by atoms with Crippen molar-refractivity contribution >= 4 is 43.0 Å². The maximum atomic E-state index is 13.1. The molecule has 2 aromatic carbocycles. The fraction of sp³-hybridized carbons (Fsp3) is 0.316. The van der Waals surface area contributed by atoms with Gasteiger partial charge in [0, 0.05) is 31.9 Å². The van der Waals surface area contributed by atoms with Crippen LogP contribution < -0.4 is 18.7 Å². The Kier molecular flexibility index (Phi) is 5.95. The molecule has 0 spiro atoms. The molecule has 1 aliphatic rings. The van der Waals surface area contributed by atoms with Crippen LogP contribution in [0.1, 0.15) is 13.3 Å². The average molecular weight is 454 g/mol. The average Bonchev–Trinajstić information content (AvgIpc) is 2.95. The number of rotatable bonds is 7. The molecule has 30 heavy (non-hydrogen) atoms. The number of amides is 1. The minimum absolute atomic E-state index is 0.0377. The molecule has 1 heterocycles. The van der Waals surface area contributed by atoms with Gasteiger partial charge in [0.05, 0.1) is 18.0 Å². The normalized spacial score (nSPS) is 15.8. The second-order valence-electron chi connectivity index (χ2n) is 6.84. The lowest BCUT2D eigenvalue weighted by Gasteiger charge is -2.19. The number of carbonyl (C=O) groups excluding carboxylic acids is 1. The highest BCUT2D eigenvalue weighted by Crippen LogP contribution is 2.33. The van der Waals surface area contributed by atoms with E-state index in [-0.39, 0.29) is 35.1 Å². The molecule has 3 rings (SSSR count). The van der Waals surface area contributed by atoms with Gasteiger partial charge in [-0.3, -0.25) is 9.52 Å². The third-order valence-corrected chi connectivity index (χ3v) is 7.56. The summed E-state index contributed by atoms with van der Waals surface area (Å²) in [4.78, 5) is 13.7. The van der Waals surface area contributed by atoms with Crippen LogP contribution in [0, 0.1) is 0 Å². The fourth-order valence-electron chi connectivity index (χ4n) is 3.01. The Morgan fingerprint density at radius 3 is 2.33 bits per heavy atom. The monoisotopic (exact) mass is 453 g/mol. The van der Waals surface area contributed by atoms with Gasteiger partial charge in [0.2, 0.25) is 15.9 Å². The predicted molar refractivity (Wildman–Crippen MR) is 115 cm³/mol. The topological polar surface area (TPSA) is 113 Å². The molecule has 2 aromatic rings. The van der Waals surface area contributed by atoms with E-state index in [1.807, 2.05) is 19.0 Å². The highest BCUT2D eigenvalue weighted by molar-refractivity contribution is 7.94. The van der Waals surface area contributed by atoms with E-state index in [9.17, 15) is 21.6 Å². The largest absolute Gasteiger partial charge is 0.492 e. The Balaban J connectivity index is 2.02. The van der Waals surface area contributed by atoms with E-state index in [1.54, 1.807) is 31.2 Å². The van der Waals surface area contributed by atoms with E-state index >= 15 is 0 Å². The van der Waals surface area contributed by atoms with E-state index in [2.05, 4.69) is 4.72 Å². The van der Waals surface area contributed by atoms with Crippen LogP contribution in [0.5, 0.6) is 5.75 Å². The van der Waals surface area contributed by atoms with Crippen molar-refractivity contribution in [3.05, 3.63) is 42.5 Å². The summed E-state index contributed by atoms with van der Waals surface area (Å²) in [7, 11) is -4.22. The van der Waals surface area contributed by atoms with Gasteiger partial charge in [-0.05, 0) is 49.4 Å². The van der Waals surface area contributed by atoms with Crippen LogP contribution in [0.4, 0.5) is 17.1 Å². The summed E-state index contributed by atoms with van der Waals surface area (Å²) in [6.45, 7) is 1.91. The maximum Gasteiger partial charge on any atom is 0.265 e. The summed E-state index contributed by atoms with van der Waals surface area (Å²) < 4.78 is 59.1. The van der Waals surface area contributed by atoms with Crippen molar-refractivity contribution in [2.24, 2.45) is 0 Å². The molecule has 162 valence electrons. The molecule has 0 bridgehead atoms. The first-order chi connectivity index (χ1) is 14.0. The summed E-state index contributed by atoms with van der Waals surface area (Å²) in [5, 5.41) is 0. The Morgan fingerprint density at radius 1 is 1.13 bits per heavy atom. The standard InChI is InChI=1S/C19H23N3O6S2/c1-4-28-17-10-9-16(22-19(23)11-12-29(22,24)25)13-18(17)30(26,27)20-14-5-7-15(8-6-14)21(2)3/h5-10,13,20H,4,11-12H2,1-3H3. The minimum Gasteiger partial charge on any atom is -0.492 e. The van der Waals surface area contributed by atoms with Crippen LogP contribution in [0.2, 0.25) is 0 Å². The Bertz CT molecular complexity index is 1160. The summed E-state index contributed by atoms with van der Waals surface area (Å²) >= 11 is 0. The summed E-state index contributed by atoms with van der Waals surface area (Å²) in [5.41, 5.74) is 1.19. The Labute approximate surface area is 176 Å². The first kappa shape index (κ1) is 21.9. The number of sulfonamides is 2. The molecule has 1 aliphatic heterocycles. The van der Waals surface area contributed by atoms with E-state index in [0.29, 0.717) is 9.99 Å². The SMILES string of the molecule is CCOc1ccc(N2C(=O)CCS2(=O)=O)cc1S(=O)(=O)Nc1ccc(N(C)C)cc1. The van der Waals surface area contributed by atoms with Gasteiger partial charge in [-0.1, -0.05) is 0 Å². The quantitative estimate of drug-likeness (QED) is 0.682. The number of hydrogen-bond donors (Lipinski definition) is 1. The van der Waals surface area contributed by atoms with Crippen molar-refractivity contribution in [3.63, 3.8) is 0 Å². The van der Waals surface area contributed by atoms with Crippen LogP contribution in [0.15, 0.2) is 47.4 Å². The van der Waals surface area contributed by atoms with Crippen LogP contribution >= 0.6 is 0 Å². The van der Waals surface area contributed by atoms with Gasteiger partial charge in [0.1, 0.15) is 10.6 Å². The molecule has 1 fully saturated rings. The van der Waals surface area contributed by atoms with E-state index in [4.69, 9.17) is 4.74 Å². The highest BCUT2D eigenvalue weighted by Gasteiger charge is 2.37. The molecule has 1 amide bonds. The molecule has 1 saturated heterocycles. The van der Waals surface area contributed by atoms with Crippen LogP contribution in [-0.4, -0.2) is 49.2 Å². The molecular weight excluding hydrogens is 430 g/mol. The second kappa shape index (κ2) is 8.15. The Morgan fingerprint density at radius 2 is 1.80 bits per heavy atom. The molecule has 0 radical (unpaired) electrons. The van der Waals surface area contributed by atoms with Gasteiger partial charge in [-0.15, -0.1) is 0 Å².